The van der Waals surface area contributed by atoms with Crippen LogP contribution in [-0.4, -0.2) is 10.9 Å². The summed E-state index contributed by atoms with van der Waals surface area (Å²) in [5.41, 5.74) is 3.18. The van der Waals surface area contributed by atoms with Crippen LogP contribution in [0.5, 0.6) is 0 Å². The highest BCUT2D eigenvalue weighted by atomic mass is 32.1. The topological polar surface area (TPSA) is 74.0 Å². The first-order valence-electron chi connectivity index (χ1n) is 7.05. The van der Waals surface area contributed by atoms with E-state index in [2.05, 4.69) is 15.6 Å². The van der Waals surface area contributed by atoms with Crippen molar-refractivity contribution in [3.05, 3.63) is 74.8 Å². The summed E-state index contributed by atoms with van der Waals surface area (Å²) < 4.78 is 0. The molecule has 0 aliphatic carbocycles. The highest BCUT2D eigenvalue weighted by Gasteiger charge is 2.13. The molecule has 3 rings (SSSR count). The Labute approximate surface area is 137 Å². The molecule has 0 aliphatic rings. The van der Waals surface area contributed by atoms with Crippen molar-refractivity contribution in [3.63, 3.8) is 0 Å². The minimum Gasteiger partial charge on any atom is -0.356 e. The van der Waals surface area contributed by atoms with Crippen molar-refractivity contribution in [2.45, 2.75) is 6.92 Å². The van der Waals surface area contributed by atoms with Gasteiger partial charge in [-0.05, 0) is 43.3 Å². The number of H-pyrrole nitrogens is 1. The fourth-order valence-electron chi connectivity index (χ4n) is 2.13. The largest absolute Gasteiger partial charge is 0.356 e. The second kappa shape index (κ2) is 6.50. The maximum absolute atomic E-state index is 12.1. The lowest BCUT2D eigenvalue weighted by atomic mass is 10.2. The van der Waals surface area contributed by atoms with Crippen LogP contribution in [0.15, 0.2) is 59.4 Å². The Bertz CT molecular complexity index is 867. The van der Waals surface area contributed by atoms with Crippen molar-refractivity contribution in [1.29, 1.82) is 0 Å². The van der Waals surface area contributed by atoms with Gasteiger partial charge in [0, 0.05) is 22.8 Å². The van der Waals surface area contributed by atoms with Gasteiger partial charge in [-0.3, -0.25) is 9.59 Å². The molecule has 0 unspecified atom stereocenters. The lowest BCUT2D eigenvalue weighted by Gasteiger charge is -2.08. The predicted octanol–water partition coefficient (Wildman–Crippen LogP) is 3.74. The minimum atomic E-state index is -0.283. The van der Waals surface area contributed by atoms with Gasteiger partial charge >= 0.3 is 4.87 Å². The summed E-state index contributed by atoms with van der Waals surface area (Å²) in [5, 5.41) is 6.06. The van der Waals surface area contributed by atoms with Crippen LogP contribution in [0.4, 0.5) is 17.1 Å². The maximum Gasteiger partial charge on any atom is 0.305 e. The van der Waals surface area contributed by atoms with Gasteiger partial charge in [-0.1, -0.05) is 29.5 Å². The molecule has 0 radical (unpaired) electrons. The minimum absolute atomic E-state index is 0.227. The van der Waals surface area contributed by atoms with Gasteiger partial charge in [0.1, 0.15) is 4.88 Å². The molecule has 5 nitrogen and oxygen atoms in total. The Morgan fingerprint density at radius 3 is 2.17 bits per heavy atom. The third-order valence-corrected chi connectivity index (χ3v) is 4.22. The summed E-state index contributed by atoms with van der Waals surface area (Å²) in [7, 11) is 0. The number of hydrogen-bond donors (Lipinski definition) is 3. The van der Waals surface area contributed by atoms with E-state index in [0.29, 0.717) is 16.3 Å². The number of amides is 1. The van der Waals surface area contributed by atoms with Gasteiger partial charge in [-0.2, -0.15) is 0 Å². The molecule has 6 heteroatoms. The van der Waals surface area contributed by atoms with Crippen molar-refractivity contribution < 1.29 is 4.79 Å². The molecule has 0 aliphatic heterocycles. The summed E-state index contributed by atoms with van der Waals surface area (Å²) in [6, 6.07) is 17.2. The van der Waals surface area contributed by atoms with Crippen molar-refractivity contribution in [2.24, 2.45) is 0 Å². The smallest absolute Gasteiger partial charge is 0.305 e. The molecule has 1 heterocycles. The SMILES string of the molecule is Cc1[nH]c(=O)sc1C(=O)Nc1ccc(Nc2ccccc2)cc1. The first-order valence-corrected chi connectivity index (χ1v) is 7.87. The van der Waals surface area contributed by atoms with Crippen LogP contribution >= 0.6 is 11.3 Å². The van der Waals surface area contributed by atoms with Crippen molar-refractivity contribution in [3.8, 4) is 0 Å². The third kappa shape index (κ3) is 3.67. The number of aryl methyl sites for hydroxylation is 1. The number of nitrogens with one attached hydrogen (secondary N) is 3. The number of hydrogen-bond acceptors (Lipinski definition) is 4. The van der Waals surface area contributed by atoms with E-state index in [1.807, 2.05) is 54.6 Å². The van der Waals surface area contributed by atoms with E-state index in [9.17, 15) is 9.59 Å². The Hall–Kier alpha value is -2.86. The van der Waals surface area contributed by atoms with E-state index in [1.54, 1.807) is 6.92 Å². The van der Waals surface area contributed by atoms with Gasteiger partial charge in [-0.15, -0.1) is 0 Å². The molecule has 0 atom stereocenters. The standard InChI is InChI=1S/C17H15N3O2S/c1-11-15(23-17(22)18-11)16(21)20-14-9-7-13(8-10-14)19-12-5-3-2-4-6-12/h2-10,19H,1H3,(H,18,22)(H,20,21). The third-order valence-electron chi connectivity index (χ3n) is 3.24. The summed E-state index contributed by atoms with van der Waals surface area (Å²) >= 11 is 0.911. The molecule has 1 aromatic heterocycles. The summed E-state index contributed by atoms with van der Waals surface area (Å²) in [4.78, 5) is 26.2. The van der Waals surface area contributed by atoms with E-state index in [0.717, 1.165) is 22.7 Å². The Morgan fingerprint density at radius 1 is 0.957 bits per heavy atom. The van der Waals surface area contributed by atoms with Crippen molar-refractivity contribution >= 4 is 34.3 Å². The Morgan fingerprint density at radius 2 is 1.57 bits per heavy atom. The number of carbonyl (C=O) groups is 1. The molecule has 0 spiro atoms. The molecule has 3 N–H and O–H groups in total. The molecular weight excluding hydrogens is 310 g/mol. The second-order valence-electron chi connectivity index (χ2n) is 4.99. The molecule has 0 saturated carbocycles. The van der Waals surface area contributed by atoms with Gasteiger partial charge in [0.15, 0.2) is 0 Å². The Balaban J connectivity index is 1.69. The number of rotatable bonds is 4. The highest BCUT2D eigenvalue weighted by molar-refractivity contribution is 7.11. The lowest BCUT2D eigenvalue weighted by molar-refractivity contribution is 0.103. The molecule has 116 valence electrons. The second-order valence-corrected chi connectivity index (χ2v) is 5.97. The van der Waals surface area contributed by atoms with Gasteiger partial charge in [0.25, 0.3) is 5.91 Å². The molecule has 23 heavy (non-hydrogen) atoms. The number of anilines is 3. The molecule has 3 aromatic rings. The van der Waals surface area contributed by atoms with E-state index in [1.165, 1.54) is 0 Å². The first-order chi connectivity index (χ1) is 11.1. The summed E-state index contributed by atoms with van der Waals surface area (Å²) in [6.07, 6.45) is 0. The predicted molar refractivity (Wildman–Crippen MR) is 93.8 cm³/mol. The number of thiazole rings is 1. The van der Waals surface area contributed by atoms with Gasteiger partial charge < -0.3 is 15.6 Å². The summed E-state index contributed by atoms with van der Waals surface area (Å²) in [6.45, 7) is 1.71. The molecular formula is C17H15N3O2S. The molecule has 0 fully saturated rings. The molecule has 0 bridgehead atoms. The Kier molecular flexibility index (Phi) is 4.25. The van der Waals surface area contributed by atoms with Gasteiger partial charge in [-0.25, -0.2) is 0 Å². The van der Waals surface area contributed by atoms with Crippen LogP contribution in [-0.2, 0) is 0 Å². The van der Waals surface area contributed by atoms with Crippen LogP contribution in [0.1, 0.15) is 15.4 Å². The lowest BCUT2D eigenvalue weighted by Crippen LogP contribution is -2.11. The van der Waals surface area contributed by atoms with Gasteiger partial charge in [0.2, 0.25) is 0 Å². The molecule has 1 amide bonds. The zero-order chi connectivity index (χ0) is 16.2. The zero-order valence-corrected chi connectivity index (χ0v) is 13.2. The fraction of sp³-hybridized carbons (Fsp3) is 0.0588. The van der Waals surface area contributed by atoms with Crippen LogP contribution in [0.2, 0.25) is 0 Å². The van der Waals surface area contributed by atoms with E-state index in [-0.39, 0.29) is 10.8 Å². The maximum atomic E-state index is 12.1. The van der Waals surface area contributed by atoms with Crippen LogP contribution in [0, 0.1) is 6.92 Å². The number of para-hydroxylation sites is 1. The van der Waals surface area contributed by atoms with E-state index in [4.69, 9.17) is 0 Å². The number of aromatic nitrogens is 1. The zero-order valence-electron chi connectivity index (χ0n) is 12.4. The monoisotopic (exact) mass is 325 g/mol. The molecule has 0 saturated heterocycles. The van der Waals surface area contributed by atoms with Crippen LogP contribution in [0.25, 0.3) is 0 Å². The normalized spacial score (nSPS) is 10.3. The summed E-state index contributed by atoms with van der Waals surface area (Å²) in [5.74, 6) is -0.283. The van der Waals surface area contributed by atoms with Crippen molar-refractivity contribution in [2.75, 3.05) is 10.6 Å². The average molecular weight is 325 g/mol. The van der Waals surface area contributed by atoms with E-state index < -0.39 is 0 Å². The fourth-order valence-corrected chi connectivity index (χ4v) is 2.87. The van der Waals surface area contributed by atoms with Gasteiger partial charge in [0.05, 0.1) is 0 Å². The molecule has 2 aromatic carbocycles. The van der Waals surface area contributed by atoms with Crippen molar-refractivity contribution in [1.82, 2.24) is 4.98 Å². The number of benzene rings is 2. The van der Waals surface area contributed by atoms with Crippen LogP contribution in [0.3, 0.4) is 0 Å². The number of carbonyl (C=O) groups excluding carboxylic acids is 1. The average Bonchev–Trinajstić information content (AvgIpc) is 2.89. The number of aromatic amines is 1. The van der Waals surface area contributed by atoms with Crippen LogP contribution < -0.4 is 15.5 Å². The first kappa shape index (κ1) is 15.1. The quantitative estimate of drug-likeness (QED) is 0.684. The van der Waals surface area contributed by atoms with E-state index >= 15 is 0 Å². The highest BCUT2D eigenvalue weighted by Crippen LogP contribution is 2.19.